The number of benzene rings is 2. The Bertz CT molecular complexity index is 655. The van der Waals surface area contributed by atoms with Crippen LogP contribution < -0.4 is 11.1 Å². The fraction of sp³-hybridized carbons (Fsp3) is 0.188. The minimum absolute atomic E-state index is 0.00449. The van der Waals surface area contributed by atoms with Gasteiger partial charge in [-0.3, -0.25) is 4.79 Å². The number of anilines is 1. The largest absolute Gasteiger partial charge is 0.325 e. The predicted octanol–water partition coefficient (Wildman–Crippen LogP) is 3.08. The van der Waals surface area contributed by atoms with E-state index in [1.54, 1.807) is 6.07 Å². The molecule has 0 saturated heterocycles. The number of nitrogens with two attached hydrogens (primary N) is 1. The molecule has 3 rings (SSSR count). The summed E-state index contributed by atoms with van der Waals surface area (Å²) in [6.45, 7) is 0. The smallest absolute Gasteiger partial charge is 0.228 e. The second-order valence-electron chi connectivity index (χ2n) is 5.05. The summed E-state index contributed by atoms with van der Waals surface area (Å²) in [6, 6.07) is 13.6. The maximum absolute atomic E-state index is 11.4. The molecule has 0 aromatic heterocycles. The maximum Gasteiger partial charge on any atom is 0.228 e. The number of hydrogen-bond donors (Lipinski definition) is 2. The van der Waals surface area contributed by atoms with Gasteiger partial charge in [0.1, 0.15) is 0 Å². The Morgan fingerprint density at radius 2 is 2.00 bits per heavy atom. The summed E-state index contributed by atoms with van der Waals surface area (Å²) in [7, 11) is 0. The van der Waals surface area contributed by atoms with E-state index in [-0.39, 0.29) is 11.9 Å². The molecule has 1 amide bonds. The summed E-state index contributed by atoms with van der Waals surface area (Å²) in [6.07, 6.45) is 1.12. The number of nitrogens with one attached hydrogen (secondary N) is 1. The van der Waals surface area contributed by atoms with Crippen LogP contribution in [0.1, 0.15) is 22.7 Å². The standard InChI is InChI=1S/C16H15ClN2O/c17-13-9-15-11(8-16(20)19-15)7-12(13)14(18)6-10-4-2-1-3-5-10/h1-5,7,9,14H,6,8,18H2,(H,19,20). The van der Waals surface area contributed by atoms with Crippen LogP contribution in [0.5, 0.6) is 0 Å². The van der Waals surface area contributed by atoms with Crippen molar-refractivity contribution in [3.05, 3.63) is 64.2 Å². The van der Waals surface area contributed by atoms with Gasteiger partial charge in [-0.15, -0.1) is 0 Å². The summed E-state index contributed by atoms with van der Waals surface area (Å²) in [4.78, 5) is 11.4. The van der Waals surface area contributed by atoms with Crippen LogP contribution in [0.15, 0.2) is 42.5 Å². The van der Waals surface area contributed by atoms with Crippen molar-refractivity contribution in [2.75, 3.05) is 5.32 Å². The molecule has 0 spiro atoms. The van der Waals surface area contributed by atoms with Crippen molar-refractivity contribution in [2.24, 2.45) is 5.73 Å². The maximum atomic E-state index is 11.4. The highest BCUT2D eigenvalue weighted by atomic mass is 35.5. The zero-order valence-corrected chi connectivity index (χ0v) is 11.7. The van der Waals surface area contributed by atoms with Gasteiger partial charge < -0.3 is 11.1 Å². The van der Waals surface area contributed by atoms with Gasteiger partial charge in [-0.1, -0.05) is 48.0 Å². The van der Waals surface area contributed by atoms with Crippen LogP contribution >= 0.6 is 11.6 Å². The molecule has 1 unspecified atom stereocenters. The number of amides is 1. The first-order chi connectivity index (χ1) is 9.63. The molecular weight excluding hydrogens is 272 g/mol. The van der Waals surface area contributed by atoms with Crippen molar-refractivity contribution in [3.63, 3.8) is 0 Å². The average molecular weight is 287 g/mol. The number of halogens is 1. The first-order valence-corrected chi connectivity index (χ1v) is 6.93. The molecule has 0 aliphatic carbocycles. The second kappa shape index (κ2) is 5.27. The van der Waals surface area contributed by atoms with Crippen LogP contribution in [0.2, 0.25) is 5.02 Å². The highest BCUT2D eigenvalue weighted by Gasteiger charge is 2.21. The van der Waals surface area contributed by atoms with E-state index in [0.717, 1.165) is 23.2 Å². The van der Waals surface area contributed by atoms with Crippen LogP contribution in [0.4, 0.5) is 5.69 Å². The van der Waals surface area contributed by atoms with Crippen molar-refractivity contribution in [3.8, 4) is 0 Å². The summed E-state index contributed by atoms with van der Waals surface area (Å²) >= 11 is 6.29. The van der Waals surface area contributed by atoms with Gasteiger partial charge in [-0.2, -0.15) is 0 Å². The van der Waals surface area contributed by atoms with Crippen molar-refractivity contribution in [2.45, 2.75) is 18.9 Å². The summed E-state index contributed by atoms with van der Waals surface area (Å²) in [5.74, 6) is 0.00449. The SMILES string of the molecule is NC(Cc1ccccc1)c1cc2c(cc1Cl)NC(=O)C2. The Morgan fingerprint density at radius 3 is 2.75 bits per heavy atom. The van der Waals surface area contributed by atoms with E-state index < -0.39 is 0 Å². The third-order valence-electron chi connectivity index (χ3n) is 3.55. The molecule has 102 valence electrons. The highest BCUT2D eigenvalue weighted by Crippen LogP contribution is 2.33. The molecule has 2 aromatic rings. The lowest BCUT2D eigenvalue weighted by molar-refractivity contribution is -0.115. The van der Waals surface area contributed by atoms with Gasteiger partial charge >= 0.3 is 0 Å². The first-order valence-electron chi connectivity index (χ1n) is 6.55. The Kier molecular flexibility index (Phi) is 3.47. The molecule has 1 heterocycles. The lowest BCUT2D eigenvalue weighted by Gasteiger charge is -2.15. The molecule has 1 atom stereocenters. The Morgan fingerprint density at radius 1 is 1.25 bits per heavy atom. The second-order valence-corrected chi connectivity index (χ2v) is 5.46. The van der Waals surface area contributed by atoms with Crippen molar-refractivity contribution >= 4 is 23.2 Å². The molecule has 0 radical (unpaired) electrons. The predicted molar refractivity (Wildman–Crippen MR) is 80.9 cm³/mol. The van der Waals surface area contributed by atoms with Crippen molar-refractivity contribution < 1.29 is 4.79 Å². The minimum Gasteiger partial charge on any atom is -0.325 e. The Balaban J connectivity index is 1.87. The van der Waals surface area contributed by atoms with Crippen LogP contribution in [0, 0.1) is 0 Å². The summed E-state index contributed by atoms with van der Waals surface area (Å²) in [5.41, 5.74) is 10.1. The first kappa shape index (κ1) is 13.2. The van der Waals surface area contributed by atoms with Gasteiger partial charge in [0.25, 0.3) is 0 Å². The van der Waals surface area contributed by atoms with Gasteiger partial charge in [0.2, 0.25) is 5.91 Å². The average Bonchev–Trinajstić information content (AvgIpc) is 2.78. The van der Waals surface area contributed by atoms with Crippen molar-refractivity contribution in [1.82, 2.24) is 0 Å². The highest BCUT2D eigenvalue weighted by molar-refractivity contribution is 6.32. The third-order valence-corrected chi connectivity index (χ3v) is 3.87. The van der Waals surface area contributed by atoms with Gasteiger partial charge in [-0.25, -0.2) is 0 Å². The van der Waals surface area contributed by atoms with Crippen LogP contribution in [-0.4, -0.2) is 5.91 Å². The molecule has 0 bridgehead atoms. The number of fused-ring (bicyclic) bond motifs is 1. The number of carbonyl (C=O) groups excluding carboxylic acids is 1. The van der Waals surface area contributed by atoms with E-state index >= 15 is 0 Å². The molecule has 0 fully saturated rings. The minimum atomic E-state index is -0.175. The van der Waals surface area contributed by atoms with Crippen LogP contribution in [0.25, 0.3) is 0 Å². The molecule has 3 N–H and O–H groups in total. The number of carbonyl (C=O) groups is 1. The molecule has 1 aliphatic rings. The topological polar surface area (TPSA) is 55.1 Å². The summed E-state index contributed by atoms with van der Waals surface area (Å²) in [5, 5.41) is 3.40. The van der Waals surface area contributed by atoms with E-state index in [1.807, 2.05) is 36.4 Å². The third kappa shape index (κ3) is 2.55. The van der Waals surface area contributed by atoms with Gasteiger partial charge in [-0.05, 0) is 29.2 Å². The monoisotopic (exact) mass is 286 g/mol. The van der Waals surface area contributed by atoms with Crippen LogP contribution in [-0.2, 0) is 17.6 Å². The zero-order valence-electron chi connectivity index (χ0n) is 10.9. The molecule has 3 nitrogen and oxygen atoms in total. The lowest BCUT2D eigenvalue weighted by atomic mass is 9.97. The van der Waals surface area contributed by atoms with Crippen molar-refractivity contribution in [1.29, 1.82) is 0 Å². The number of hydrogen-bond acceptors (Lipinski definition) is 2. The molecule has 0 saturated carbocycles. The normalized spacial score (nSPS) is 14.8. The summed E-state index contributed by atoms with van der Waals surface area (Å²) < 4.78 is 0. The molecule has 20 heavy (non-hydrogen) atoms. The van der Waals surface area contributed by atoms with E-state index in [1.165, 1.54) is 5.56 Å². The molecule has 1 aliphatic heterocycles. The fourth-order valence-electron chi connectivity index (χ4n) is 2.53. The molecule has 4 heteroatoms. The molecule has 2 aromatic carbocycles. The van der Waals surface area contributed by atoms with E-state index in [4.69, 9.17) is 17.3 Å². The zero-order chi connectivity index (χ0) is 14.1. The quantitative estimate of drug-likeness (QED) is 0.911. The van der Waals surface area contributed by atoms with Gasteiger partial charge in [0.15, 0.2) is 0 Å². The van der Waals surface area contributed by atoms with E-state index in [2.05, 4.69) is 5.32 Å². The lowest BCUT2D eigenvalue weighted by Crippen LogP contribution is -2.14. The van der Waals surface area contributed by atoms with Crippen LogP contribution in [0.3, 0.4) is 0 Å². The number of rotatable bonds is 3. The van der Waals surface area contributed by atoms with Gasteiger partial charge in [0, 0.05) is 16.8 Å². The Labute approximate surface area is 122 Å². The molecular formula is C16H15ClN2O. The van der Waals surface area contributed by atoms with E-state index in [9.17, 15) is 4.79 Å². The fourth-order valence-corrected chi connectivity index (χ4v) is 2.83. The van der Waals surface area contributed by atoms with Gasteiger partial charge in [0.05, 0.1) is 6.42 Å². The van der Waals surface area contributed by atoms with E-state index in [0.29, 0.717) is 11.4 Å². The Hall–Kier alpha value is -1.84.